The number of hydrogen-bond acceptors (Lipinski definition) is 6. The van der Waals surface area contributed by atoms with Crippen LogP contribution in [-0.2, 0) is 12.7 Å². The number of benzene rings is 3. The van der Waals surface area contributed by atoms with Crippen molar-refractivity contribution < 1.29 is 17.9 Å². The van der Waals surface area contributed by atoms with E-state index < -0.39 is 12.0 Å². The predicted molar refractivity (Wildman–Crippen MR) is 149 cm³/mol. The number of ether oxygens (including phenoxy) is 1. The van der Waals surface area contributed by atoms with Crippen molar-refractivity contribution in [3.63, 3.8) is 0 Å². The Balaban J connectivity index is 1.37. The van der Waals surface area contributed by atoms with Gasteiger partial charge in [-0.05, 0) is 66.1 Å². The third-order valence-corrected chi connectivity index (χ3v) is 8.63. The number of rotatable bonds is 7. The molecule has 10 heteroatoms. The van der Waals surface area contributed by atoms with E-state index in [1.54, 1.807) is 25.3 Å². The van der Waals surface area contributed by atoms with Crippen LogP contribution < -0.4 is 4.74 Å². The Morgan fingerprint density at radius 3 is 2.29 bits per heavy atom. The summed E-state index contributed by atoms with van der Waals surface area (Å²) >= 11 is 0. The van der Waals surface area contributed by atoms with Gasteiger partial charge in [0.2, 0.25) is 0 Å². The fourth-order valence-electron chi connectivity index (χ4n) is 6.74. The average molecular weight is 563 g/mol. The van der Waals surface area contributed by atoms with E-state index in [1.807, 2.05) is 12.1 Å². The average Bonchev–Trinajstić information content (AvgIpc) is 3.68. The molecule has 6 rings (SSSR count). The molecule has 3 unspecified atom stereocenters. The van der Waals surface area contributed by atoms with Gasteiger partial charge < -0.3 is 4.74 Å². The zero-order valence-corrected chi connectivity index (χ0v) is 23.1. The van der Waals surface area contributed by atoms with Crippen molar-refractivity contribution in [3.05, 3.63) is 101 Å². The number of methoxy groups -OCH3 is 1. The van der Waals surface area contributed by atoms with E-state index in [2.05, 4.69) is 80.8 Å². The van der Waals surface area contributed by atoms with E-state index in [4.69, 9.17) is 4.74 Å². The number of halogens is 3. The number of alkyl halides is 3. The highest BCUT2D eigenvalue weighted by atomic mass is 19.4. The van der Waals surface area contributed by atoms with E-state index >= 15 is 0 Å². The number of hydrogen-bond donors (Lipinski definition) is 0. The van der Waals surface area contributed by atoms with Crippen molar-refractivity contribution >= 4 is 0 Å². The van der Waals surface area contributed by atoms with Crippen LogP contribution in [0.5, 0.6) is 5.75 Å². The lowest BCUT2D eigenvalue weighted by atomic mass is 9.81. The van der Waals surface area contributed by atoms with Gasteiger partial charge in [-0.25, -0.2) is 0 Å². The Kier molecular flexibility index (Phi) is 7.52. The molecule has 0 N–H and O–H groups in total. The van der Waals surface area contributed by atoms with Gasteiger partial charge in [0.25, 0.3) is 5.82 Å². The van der Waals surface area contributed by atoms with Crippen LogP contribution in [0.15, 0.2) is 78.9 Å². The van der Waals surface area contributed by atoms with Crippen LogP contribution in [-0.4, -0.2) is 68.3 Å². The molecule has 1 aromatic heterocycles. The maximum atomic E-state index is 13.6. The molecule has 0 aliphatic carbocycles. The fraction of sp³-hybridized carbons (Fsp3) is 0.387. The van der Waals surface area contributed by atoms with Gasteiger partial charge in [0.1, 0.15) is 5.75 Å². The second kappa shape index (κ2) is 11.3. The number of nitrogens with zero attached hydrogens (tertiary/aromatic N) is 6. The monoisotopic (exact) mass is 562 g/mol. The first-order valence-corrected chi connectivity index (χ1v) is 14.0. The highest BCUT2D eigenvalue weighted by Crippen LogP contribution is 2.40. The zero-order valence-electron chi connectivity index (χ0n) is 23.1. The minimum atomic E-state index is -4.67. The van der Waals surface area contributed by atoms with Crippen molar-refractivity contribution in [1.82, 2.24) is 30.0 Å². The molecule has 7 nitrogen and oxygen atoms in total. The first-order chi connectivity index (χ1) is 19.8. The predicted octanol–water partition coefficient (Wildman–Crippen LogP) is 5.56. The van der Waals surface area contributed by atoms with Crippen LogP contribution in [0.25, 0.3) is 5.69 Å². The molecule has 0 radical (unpaired) electrons. The van der Waals surface area contributed by atoms with Gasteiger partial charge in [-0.15, -0.1) is 5.10 Å². The van der Waals surface area contributed by atoms with Crippen molar-refractivity contribution in [2.45, 2.75) is 56.5 Å². The van der Waals surface area contributed by atoms with E-state index in [1.165, 1.54) is 11.1 Å². The molecular weight excluding hydrogens is 529 g/mol. The second-order valence-corrected chi connectivity index (χ2v) is 10.9. The molecule has 2 saturated heterocycles. The molecule has 2 aliphatic rings. The van der Waals surface area contributed by atoms with Crippen LogP contribution in [0.2, 0.25) is 0 Å². The lowest BCUT2D eigenvalue weighted by Gasteiger charge is -2.51. The molecule has 214 valence electrons. The first kappa shape index (κ1) is 27.4. The Hall–Kier alpha value is -3.76. The Bertz CT molecular complexity index is 1420. The van der Waals surface area contributed by atoms with Crippen LogP contribution >= 0.6 is 0 Å². The van der Waals surface area contributed by atoms with Gasteiger partial charge in [-0.3, -0.25) is 9.80 Å². The third-order valence-electron chi connectivity index (χ3n) is 8.63. The van der Waals surface area contributed by atoms with Gasteiger partial charge in [-0.1, -0.05) is 60.7 Å². The van der Waals surface area contributed by atoms with Crippen molar-refractivity contribution in [2.24, 2.45) is 0 Å². The summed E-state index contributed by atoms with van der Waals surface area (Å²) in [6.07, 6.45) is -2.41. The molecule has 0 amide bonds. The smallest absolute Gasteiger partial charge is 0.453 e. The van der Waals surface area contributed by atoms with Gasteiger partial charge in [0.15, 0.2) is 0 Å². The molecule has 3 heterocycles. The first-order valence-electron chi connectivity index (χ1n) is 14.0. The highest BCUT2D eigenvalue weighted by molar-refractivity contribution is 5.44. The second-order valence-electron chi connectivity index (χ2n) is 10.9. The van der Waals surface area contributed by atoms with Crippen molar-refractivity contribution in [2.75, 3.05) is 20.2 Å². The lowest BCUT2D eigenvalue weighted by Crippen LogP contribution is -2.62. The van der Waals surface area contributed by atoms with Crippen molar-refractivity contribution in [3.8, 4) is 11.4 Å². The van der Waals surface area contributed by atoms with Gasteiger partial charge in [-0.2, -0.15) is 17.9 Å². The van der Waals surface area contributed by atoms with Gasteiger partial charge in [0, 0.05) is 42.7 Å². The van der Waals surface area contributed by atoms with Gasteiger partial charge >= 0.3 is 6.18 Å². The minimum Gasteiger partial charge on any atom is -0.496 e. The molecule has 2 aliphatic heterocycles. The summed E-state index contributed by atoms with van der Waals surface area (Å²) in [7, 11) is 1.58. The van der Waals surface area contributed by atoms with E-state index in [0.29, 0.717) is 18.3 Å². The lowest BCUT2D eigenvalue weighted by molar-refractivity contribution is -0.146. The summed E-state index contributed by atoms with van der Waals surface area (Å²) in [6.45, 7) is 4.65. The molecule has 41 heavy (non-hydrogen) atoms. The maximum Gasteiger partial charge on any atom is 0.453 e. The SMILES string of the molecule is COc1ccc(-n2nnnc2C(F)(F)F)cc1CN1CC(C(c2ccccc2)c2ccccc2)N2CCCC2C1C. The van der Waals surface area contributed by atoms with Crippen LogP contribution in [0.4, 0.5) is 13.2 Å². The van der Waals surface area contributed by atoms with E-state index in [9.17, 15) is 13.2 Å². The fourth-order valence-corrected chi connectivity index (χ4v) is 6.74. The van der Waals surface area contributed by atoms with E-state index in [0.717, 1.165) is 36.2 Å². The molecule has 3 atom stereocenters. The molecular formula is C31H33F3N6O. The number of aromatic nitrogens is 4. The largest absolute Gasteiger partial charge is 0.496 e. The number of tetrazole rings is 1. The summed E-state index contributed by atoms with van der Waals surface area (Å²) in [6, 6.07) is 27.2. The normalized spacial score (nSPS) is 21.8. The zero-order chi connectivity index (χ0) is 28.6. The Morgan fingerprint density at radius 2 is 1.66 bits per heavy atom. The van der Waals surface area contributed by atoms with E-state index in [-0.39, 0.29) is 23.7 Å². The molecule has 0 saturated carbocycles. The summed E-state index contributed by atoms with van der Waals surface area (Å²) in [4.78, 5) is 5.15. The third kappa shape index (κ3) is 5.34. The summed E-state index contributed by atoms with van der Waals surface area (Å²) in [5, 5.41) is 10.1. The summed E-state index contributed by atoms with van der Waals surface area (Å²) in [5.41, 5.74) is 3.60. The van der Waals surface area contributed by atoms with Crippen molar-refractivity contribution in [1.29, 1.82) is 0 Å². The number of piperazine rings is 1. The maximum absolute atomic E-state index is 13.6. The standard InChI is InChI=1S/C31H33F3N6O/c1-21-26-14-9-17-39(26)27(29(22-10-5-3-6-11-22)23-12-7-4-8-13-23)20-38(21)19-24-18-25(15-16-28(24)41-2)40-30(31(32,33)34)35-36-37-40/h3-8,10-13,15-16,18,21,26-27,29H,9,14,17,19-20H2,1-2H3. The summed E-state index contributed by atoms with van der Waals surface area (Å²) in [5.74, 6) is -0.359. The molecule has 4 aromatic rings. The van der Waals surface area contributed by atoms with Crippen LogP contribution in [0.1, 0.15) is 48.2 Å². The number of fused-ring (bicyclic) bond motifs is 1. The Labute approximate surface area is 237 Å². The molecule has 2 fully saturated rings. The van der Waals surface area contributed by atoms with Gasteiger partial charge in [0.05, 0.1) is 12.8 Å². The quantitative estimate of drug-likeness (QED) is 0.294. The highest BCUT2D eigenvalue weighted by Gasteiger charge is 2.45. The minimum absolute atomic E-state index is 0.178. The summed E-state index contributed by atoms with van der Waals surface area (Å²) < 4.78 is 47.1. The Morgan fingerprint density at radius 1 is 0.976 bits per heavy atom. The molecule has 3 aromatic carbocycles. The topological polar surface area (TPSA) is 59.3 Å². The molecule has 0 spiro atoms. The van der Waals surface area contributed by atoms with Crippen LogP contribution in [0, 0.1) is 0 Å². The van der Waals surface area contributed by atoms with Crippen LogP contribution in [0.3, 0.4) is 0 Å². The molecule has 0 bridgehead atoms.